The minimum Gasteiger partial charge on any atom is -0.462 e. The lowest BCUT2D eigenvalue weighted by atomic mass is 9.76. The lowest BCUT2D eigenvalue weighted by Gasteiger charge is -2.58. The van der Waals surface area contributed by atoms with Crippen molar-refractivity contribution in [3.8, 4) is 0 Å². The molecular formula is C24H30N2O10S2. The van der Waals surface area contributed by atoms with Crippen molar-refractivity contribution in [2.75, 3.05) is 13.7 Å². The number of esters is 3. The predicted octanol–water partition coefficient (Wildman–Crippen LogP) is 0.800. The first-order valence-corrected chi connectivity index (χ1v) is 14.4. The van der Waals surface area contributed by atoms with E-state index >= 15 is 0 Å². The van der Waals surface area contributed by atoms with Crippen molar-refractivity contribution in [1.29, 1.82) is 0 Å². The van der Waals surface area contributed by atoms with Gasteiger partial charge in [0.05, 0.1) is 17.6 Å². The highest BCUT2D eigenvalue weighted by Gasteiger charge is 2.86. The number of carbonyl (C=O) groups excluding carboxylic acids is 6. The zero-order valence-corrected chi connectivity index (χ0v) is 23.8. The van der Waals surface area contributed by atoms with E-state index in [4.69, 9.17) is 18.9 Å². The van der Waals surface area contributed by atoms with E-state index in [0.717, 1.165) is 21.6 Å². The van der Waals surface area contributed by atoms with Gasteiger partial charge in [0.2, 0.25) is 4.87 Å². The number of amides is 2. The molecule has 0 N–H and O–H groups in total. The molecule has 0 aromatic heterocycles. The van der Waals surface area contributed by atoms with Crippen molar-refractivity contribution in [3.05, 3.63) is 0 Å². The molecular weight excluding hydrogens is 540 g/mol. The third-order valence-corrected chi connectivity index (χ3v) is 12.3. The Balaban J connectivity index is 1.70. The van der Waals surface area contributed by atoms with Crippen molar-refractivity contribution in [2.24, 2.45) is 5.41 Å². The van der Waals surface area contributed by atoms with E-state index in [9.17, 15) is 28.8 Å². The fraction of sp³-hybridized carbons (Fsp3) is 0.750. The van der Waals surface area contributed by atoms with Gasteiger partial charge in [-0.15, -0.1) is 0 Å². The molecule has 5 aliphatic heterocycles. The number of carbonyl (C=O) groups is 6. The van der Waals surface area contributed by atoms with Gasteiger partial charge in [-0.3, -0.25) is 28.8 Å². The van der Waals surface area contributed by atoms with E-state index in [2.05, 4.69) is 0 Å². The molecule has 5 heterocycles. The van der Waals surface area contributed by atoms with E-state index in [0.29, 0.717) is 0 Å². The minimum atomic E-state index is -1.74. The van der Waals surface area contributed by atoms with E-state index in [1.807, 2.05) is 0 Å². The van der Waals surface area contributed by atoms with Crippen LogP contribution < -0.4 is 0 Å². The molecule has 0 unspecified atom stereocenters. The maximum Gasteiger partial charge on any atom is 0.303 e. The molecule has 12 nitrogen and oxygen atoms in total. The van der Waals surface area contributed by atoms with E-state index < -0.39 is 74.3 Å². The lowest BCUT2D eigenvalue weighted by Crippen LogP contribution is -2.77. The molecule has 208 valence electrons. The number of likely N-dealkylation sites (N-methyl/N-ethyl adjacent to an activating group) is 1. The van der Waals surface area contributed by atoms with Crippen LogP contribution in [0.4, 0.5) is 0 Å². The smallest absolute Gasteiger partial charge is 0.303 e. The van der Waals surface area contributed by atoms with Gasteiger partial charge < -0.3 is 28.7 Å². The zero-order valence-electron chi connectivity index (χ0n) is 22.1. The fourth-order valence-electron chi connectivity index (χ4n) is 6.68. The van der Waals surface area contributed by atoms with Crippen molar-refractivity contribution in [3.63, 3.8) is 0 Å². The summed E-state index contributed by atoms with van der Waals surface area (Å²) in [5.41, 5.74) is -4.41. The first-order chi connectivity index (χ1) is 17.5. The third-order valence-electron chi connectivity index (χ3n) is 8.66. The fourth-order valence-corrected chi connectivity index (χ4v) is 10.4. The highest BCUT2D eigenvalue weighted by atomic mass is 33.1. The van der Waals surface area contributed by atoms with E-state index in [-0.39, 0.29) is 25.2 Å². The molecule has 5 saturated heterocycles. The van der Waals surface area contributed by atoms with Crippen LogP contribution in [0.15, 0.2) is 0 Å². The Bertz CT molecular complexity index is 1190. The number of ketones is 1. The Morgan fingerprint density at radius 3 is 2.21 bits per heavy atom. The van der Waals surface area contributed by atoms with Gasteiger partial charge in [0.25, 0.3) is 11.8 Å². The van der Waals surface area contributed by atoms with Crippen molar-refractivity contribution < 1.29 is 47.7 Å². The molecule has 6 rings (SSSR count). The Morgan fingerprint density at radius 2 is 1.68 bits per heavy atom. The van der Waals surface area contributed by atoms with Crippen LogP contribution in [0.2, 0.25) is 0 Å². The maximum absolute atomic E-state index is 14.3. The van der Waals surface area contributed by atoms with Crippen molar-refractivity contribution in [1.82, 2.24) is 9.80 Å². The number of Topliss-reactive ketones (excluding diaryl/α,β-unsaturated/α-hetero) is 1. The van der Waals surface area contributed by atoms with Crippen LogP contribution >= 0.6 is 21.6 Å². The standard InChI is InChI=1S/C24H30N2O10S2/c1-11-20(5,6)16(30)21(35-11)8-15-22(36-14(4)29,17(21)34-13(3)28)9-23-18(31)25(7)24(38-37-23,10-33-12(2)27)19(32)26(15)23/h11,15,17H,8-10H2,1-7H3/t11-,15-,17-,21-,22+,23-,24-/m1/s1. The highest BCUT2D eigenvalue weighted by Crippen LogP contribution is 2.70. The normalized spacial score (nSPS) is 42.4. The van der Waals surface area contributed by atoms with Gasteiger partial charge in [-0.05, 0) is 17.7 Å². The summed E-state index contributed by atoms with van der Waals surface area (Å²) < 4.78 is 23.3. The van der Waals surface area contributed by atoms with Gasteiger partial charge in [0.15, 0.2) is 28.0 Å². The SMILES string of the molecule is CC(=O)OC[C@@]12SS[C@]3(C[C@]4(OC(C)=O)[C@@H](C[C@]5(O[C@H](C)C(C)(C)C5=O)[C@H]4OC(C)=O)N3C1=O)C(=O)N2C. The average molecular weight is 571 g/mol. The Hall–Kier alpha value is -2.32. The number of nitrogens with zero attached hydrogens (tertiary/aromatic N) is 2. The summed E-state index contributed by atoms with van der Waals surface area (Å²) in [5.74, 6) is -3.39. The molecule has 2 bridgehead atoms. The largest absolute Gasteiger partial charge is 0.462 e. The molecule has 7 atom stereocenters. The van der Waals surface area contributed by atoms with Gasteiger partial charge in [0, 0.05) is 40.7 Å². The Kier molecular flexibility index (Phi) is 5.81. The van der Waals surface area contributed by atoms with Crippen molar-refractivity contribution in [2.45, 2.75) is 93.6 Å². The molecule has 14 heteroatoms. The second kappa shape index (κ2) is 8.10. The zero-order chi connectivity index (χ0) is 28.2. The van der Waals surface area contributed by atoms with Crippen LogP contribution in [-0.2, 0) is 47.7 Å². The first kappa shape index (κ1) is 27.3. The lowest BCUT2D eigenvalue weighted by molar-refractivity contribution is -0.202. The van der Waals surface area contributed by atoms with Crippen LogP contribution in [0.25, 0.3) is 0 Å². The molecule has 6 aliphatic rings. The average Bonchev–Trinajstić information content (AvgIpc) is 3.28. The van der Waals surface area contributed by atoms with E-state index in [1.54, 1.807) is 20.8 Å². The van der Waals surface area contributed by atoms with Gasteiger partial charge in [-0.1, -0.05) is 24.6 Å². The summed E-state index contributed by atoms with van der Waals surface area (Å²) in [5, 5.41) is 0. The summed E-state index contributed by atoms with van der Waals surface area (Å²) in [6, 6.07) is -1.03. The quantitative estimate of drug-likeness (QED) is 0.268. The molecule has 0 aromatic rings. The minimum absolute atomic E-state index is 0.149. The van der Waals surface area contributed by atoms with Gasteiger partial charge in [0.1, 0.15) is 6.61 Å². The summed E-state index contributed by atoms with van der Waals surface area (Å²) in [4.78, 5) is 78.3. The molecule has 0 radical (unpaired) electrons. The second-order valence-corrected chi connectivity index (χ2v) is 13.9. The molecule has 1 aliphatic carbocycles. The monoisotopic (exact) mass is 570 g/mol. The Labute approximate surface area is 227 Å². The number of piperazine rings is 1. The molecule has 38 heavy (non-hydrogen) atoms. The van der Waals surface area contributed by atoms with Gasteiger partial charge in [-0.25, -0.2) is 0 Å². The van der Waals surface area contributed by atoms with Gasteiger partial charge >= 0.3 is 17.9 Å². The molecule has 0 aromatic carbocycles. The molecule has 2 spiro atoms. The Morgan fingerprint density at radius 1 is 1.03 bits per heavy atom. The second-order valence-electron chi connectivity index (χ2n) is 11.2. The third kappa shape index (κ3) is 3.10. The maximum atomic E-state index is 14.3. The number of hydrogen-bond donors (Lipinski definition) is 0. The summed E-state index contributed by atoms with van der Waals surface area (Å²) >= 11 is 0. The van der Waals surface area contributed by atoms with Gasteiger partial charge in [-0.2, -0.15) is 0 Å². The van der Waals surface area contributed by atoms with Crippen molar-refractivity contribution >= 4 is 57.1 Å². The van der Waals surface area contributed by atoms with Crippen LogP contribution in [0, 0.1) is 5.41 Å². The molecule has 2 amide bonds. The van der Waals surface area contributed by atoms with Crippen LogP contribution in [0.3, 0.4) is 0 Å². The number of fused-ring (bicyclic) bond motifs is 3. The highest BCUT2D eigenvalue weighted by molar-refractivity contribution is 8.78. The summed E-state index contributed by atoms with van der Waals surface area (Å²) in [6.07, 6.45) is -2.34. The predicted molar refractivity (Wildman–Crippen MR) is 132 cm³/mol. The number of ether oxygens (including phenoxy) is 4. The van der Waals surface area contributed by atoms with Crippen LogP contribution in [0.5, 0.6) is 0 Å². The number of hydrogen-bond acceptors (Lipinski definition) is 12. The van der Waals surface area contributed by atoms with Crippen LogP contribution in [0.1, 0.15) is 54.4 Å². The topological polar surface area (TPSA) is 146 Å². The molecule has 1 saturated carbocycles. The van der Waals surface area contributed by atoms with Crippen LogP contribution in [-0.4, -0.2) is 98.2 Å². The summed E-state index contributed by atoms with van der Waals surface area (Å²) in [6.45, 7) is 8.34. The number of rotatable bonds is 4. The molecule has 6 fully saturated rings. The van der Waals surface area contributed by atoms with E-state index in [1.165, 1.54) is 37.6 Å². The summed E-state index contributed by atoms with van der Waals surface area (Å²) in [7, 11) is 3.67. The first-order valence-electron chi connectivity index (χ1n) is 12.2.